The third kappa shape index (κ3) is 3.80. The highest BCUT2D eigenvalue weighted by molar-refractivity contribution is 7.09. The minimum Gasteiger partial charge on any atom is -0.469 e. The van der Waals surface area contributed by atoms with Gasteiger partial charge in [-0.1, -0.05) is 34.6 Å². The Bertz CT molecular complexity index is 404. The van der Waals surface area contributed by atoms with Gasteiger partial charge in [0.25, 0.3) is 0 Å². The lowest BCUT2D eigenvalue weighted by atomic mass is 9.92. The average Bonchev–Trinajstić information content (AvgIpc) is 2.72. The van der Waals surface area contributed by atoms with Crippen LogP contribution in [0.1, 0.15) is 45.3 Å². The first-order chi connectivity index (χ1) is 8.25. The Morgan fingerprint density at radius 3 is 2.44 bits per heavy atom. The molecule has 0 aromatic carbocycles. The van der Waals surface area contributed by atoms with Gasteiger partial charge in [-0.3, -0.25) is 4.79 Å². The van der Waals surface area contributed by atoms with Crippen molar-refractivity contribution in [3.05, 3.63) is 16.1 Å². The molecule has 1 atom stereocenters. The van der Waals surface area contributed by atoms with Crippen molar-refractivity contribution in [2.75, 3.05) is 7.11 Å². The third-order valence-electron chi connectivity index (χ3n) is 3.02. The maximum atomic E-state index is 11.7. The summed E-state index contributed by atoms with van der Waals surface area (Å²) in [6.45, 7) is 10.5. The van der Waals surface area contributed by atoms with Crippen molar-refractivity contribution in [2.24, 2.45) is 11.8 Å². The lowest BCUT2D eigenvalue weighted by Gasteiger charge is -2.17. The Morgan fingerprint density at radius 2 is 2.06 bits per heavy atom. The molecule has 0 amide bonds. The summed E-state index contributed by atoms with van der Waals surface area (Å²) >= 11 is 1.63. The average molecular weight is 269 g/mol. The molecule has 0 aliphatic heterocycles. The molecule has 1 aromatic rings. The fraction of sp³-hybridized carbons (Fsp3) is 0.714. The maximum Gasteiger partial charge on any atom is 0.309 e. The Hall–Kier alpha value is -0.900. The fourth-order valence-electron chi connectivity index (χ4n) is 1.68. The van der Waals surface area contributed by atoms with E-state index in [1.807, 2.05) is 13.8 Å². The number of rotatable bonds is 4. The molecule has 0 saturated carbocycles. The molecule has 0 aliphatic carbocycles. The first-order valence-electron chi connectivity index (χ1n) is 6.28. The van der Waals surface area contributed by atoms with Crippen LogP contribution in [0.25, 0.3) is 0 Å². The number of hydrogen-bond acceptors (Lipinski definition) is 4. The van der Waals surface area contributed by atoms with E-state index in [1.165, 1.54) is 7.11 Å². The summed E-state index contributed by atoms with van der Waals surface area (Å²) in [5, 5.41) is 3.10. The van der Waals surface area contributed by atoms with Gasteiger partial charge in [0.15, 0.2) is 0 Å². The van der Waals surface area contributed by atoms with Crippen LogP contribution in [0.15, 0.2) is 5.38 Å². The highest BCUT2D eigenvalue weighted by Crippen LogP contribution is 2.26. The van der Waals surface area contributed by atoms with Gasteiger partial charge in [0.05, 0.1) is 23.7 Å². The predicted molar refractivity (Wildman–Crippen MR) is 74.9 cm³/mol. The molecule has 0 bridgehead atoms. The van der Waals surface area contributed by atoms with Gasteiger partial charge in [-0.2, -0.15) is 0 Å². The van der Waals surface area contributed by atoms with Crippen molar-refractivity contribution in [3.63, 3.8) is 0 Å². The zero-order valence-electron chi connectivity index (χ0n) is 12.1. The van der Waals surface area contributed by atoms with Gasteiger partial charge in [-0.25, -0.2) is 4.98 Å². The van der Waals surface area contributed by atoms with Crippen molar-refractivity contribution in [2.45, 2.75) is 46.5 Å². The van der Waals surface area contributed by atoms with Gasteiger partial charge in [0.1, 0.15) is 0 Å². The van der Waals surface area contributed by atoms with Crippen molar-refractivity contribution in [1.29, 1.82) is 0 Å². The maximum absolute atomic E-state index is 11.7. The molecule has 3 nitrogen and oxygen atoms in total. The van der Waals surface area contributed by atoms with E-state index in [0.29, 0.717) is 6.42 Å². The van der Waals surface area contributed by atoms with E-state index in [4.69, 9.17) is 4.74 Å². The molecule has 0 aliphatic rings. The normalized spacial score (nSPS) is 13.7. The van der Waals surface area contributed by atoms with Crippen molar-refractivity contribution in [1.82, 2.24) is 4.98 Å². The molecule has 0 fully saturated rings. The van der Waals surface area contributed by atoms with Crippen molar-refractivity contribution in [3.8, 4) is 0 Å². The van der Waals surface area contributed by atoms with Crippen LogP contribution in [0.4, 0.5) is 0 Å². The van der Waals surface area contributed by atoms with E-state index in [1.54, 1.807) is 11.3 Å². The minimum atomic E-state index is -0.141. The van der Waals surface area contributed by atoms with Gasteiger partial charge in [0.2, 0.25) is 0 Å². The zero-order chi connectivity index (χ0) is 13.9. The zero-order valence-corrected chi connectivity index (χ0v) is 12.9. The number of hydrogen-bond donors (Lipinski definition) is 0. The summed E-state index contributed by atoms with van der Waals surface area (Å²) in [6, 6.07) is 0. The molecular formula is C14H23NO2S. The van der Waals surface area contributed by atoms with E-state index >= 15 is 0 Å². The molecule has 4 heteroatoms. The Balaban J connectivity index is 2.82. The molecule has 0 N–H and O–H groups in total. The summed E-state index contributed by atoms with van der Waals surface area (Å²) in [7, 11) is 1.44. The summed E-state index contributed by atoms with van der Waals surface area (Å²) in [5.41, 5.74) is 1.16. The number of thiazole rings is 1. The summed E-state index contributed by atoms with van der Waals surface area (Å²) < 4.78 is 4.86. The second-order valence-electron chi connectivity index (χ2n) is 5.95. The predicted octanol–water partition coefficient (Wildman–Crippen LogP) is 3.43. The van der Waals surface area contributed by atoms with E-state index in [0.717, 1.165) is 10.7 Å². The molecule has 102 valence electrons. The minimum absolute atomic E-state index is 0.0628. The molecule has 0 spiro atoms. The second-order valence-corrected chi connectivity index (χ2v) is 6.90. The number of esters is 1. The summed E-state index contributed by atoms with van der Waals surface area (Å²) in [6.07, 6.45) is 0.672. The third-order valence-corrected chi connectivity index (χ3v) is 3.89. The summed E-state index contributed by atoms with van der Waals surface area (Å²) in [4.78, 5) is 16.3. The second kappa shape index (κ2) is 5.83. The lowest BCUT2D eigenvalue weighted by molar-refractivity contribution is -0.146. The molecule has 1 aromatic heterocycles. The van der Waals surface area contributed by atoms with E-state index < -0.39 is 0 Å². The first kappa shape index (κ1) is 15.2. The van der Waals surface area contributed by atoms with Crippen LogP contribution in [0.3, 0.4) is 0 Å². The molecule has 1 unspecified atom stereocenters. The largest absolute Gasteiger partial charge is 0.469 e. The van der Waals surface area contributed by atoms with Crippen molar-refractivity contribution < 1.29 is 9.53 Å². The number of ether oxygens (including phenoxy) is 1. The van der Waals surface area contributed by atoms with Crippen LogP contribution in [0.5, 0.6) is 0 Å². The number of carbonyl (C=O) groups excluding carboxylic acids is 1. The van der Waals surface area contributed by atoms with E-state index in [2.05, 4.69) is 31.1 Å². The molecule has 18 heavy (non-hydrogen) atoms. The van der Waals surface area contributed by atoms with E-state index in [9.17, 15) is 4.79 Å². The quantitative estimate of drug-likeness (QED) is 0.786. The van der Waals surface area contributed by atoms with Crippen molar-refractivity contribution >= 4 is 17.3 Å². The van der Waals surface area contributed by atoms with Gasteiger partial charge >= 0.3 is 5.97 Å². The van der Waals surface area contributed by atoms with Crippen LogP contribution in [0.2, 0.25) is 0 Å². The molecule has 0 radical (unpaired) electrons. The molecular weight excluding hydrogens is 246 g/mol. The number of carbonyl (C=O) groups is 1. The fourth-order valence-corrected chi connectivity index (χ4v) is 2.76. The van der Waals surface area contributed by atoms with Crippen LogP contribution in [0, 0.1) is 11.8 Å². The summed E-state index contributed by atoms with van der Waals surface area (Å²) in [5.74, 6) is 0.0194. The number of methoxy groups -OCH3 is 1. The number of nitrogens with zero attached hydrogens (tertiary/aromatic N) is 1. The SMILES string of the molecule is COC(=O)C(Cc1nc(C(C)(C)C)cs1)C(C)C. The Kier molecular flexibility index (Phi) is 4.91. The lowest BCUT2D eigenvalue weighted by Crippen LogP contribution is -2.24. The van der Waals surface area contributed by atoms with Crippen LogP contribution in [-0.2, 0) is 21.4 Å². The highest BCUT2D eigenvalue weighted by atomic mass is 32.1. The van der Waals surface area contributed by atoms with E-state index in [-0.39, 0.29) is 23.2 Å². The first-order valence-corrected chi connectivity index (χ1v) is 7.16. The Labute approximate surface area is 114 Å². The van der Waals surface area contributed by atoms with Crippen LogP contribution < -0.4 is 0 Å². The molecule has 0 saturated heterocycles. The van der Waals surface area contributed by atoms with Crippen LogP contribution >= 0.6 is 11.3 Å². The molecule has 1 heterocycles. The highest BCUT2D eigenvalue weighted by Gasteiger charge is 2.25. The van der Waals surface area contributed by atoms with Gasteiger partial charge in [-0.05, 0) is 5.92 Å². The van der Waals surface area contributed by atoms with Gasteiger partial charge in [-0.15, -0.1) is 11.3 Å². The standard InChI is InChI=1S/C14H23NO2S/c1-9(2)10(13(16)17-6)7-12-15-11(8-18-12)14(3,4)5/h8-10H,7H2,1-6H3. The van der Waals surface area contributed by atoms with Gasteiger partial charge < -0.3 is 4.74 Å². The molecule has 1 rings (SSSR count). The van der Waals surface area contributed by atoms with Gasteiger partial charge in [0, 0.05) is 17.2 Å². The Morgan fingerprint density at radius 1 is 1.44 bits per heavy atom. The van der Waals surface area contributed by atoms with Crippen LogP contribution in [-0.4, -0.2) is 18.1 Å². The monoisotopic (exact) mass is 269 g/mol. The smallest absolute Gasteiger partial charge is 0.309 e. The number of aromatic nitrogens is 1. The topological polar surface area (TPSA) is 39.2 Å².